The van der Waals surface area contributed by atoms with Crippen molar-refractivity contribution in [2.24, 2.45) is 23.7 Å². The lowest BCUT2D eigenvalue weighted by Crippen LogP contribution is -2.58. The minimum atomic E-state index is -1.26. The van der Waals surface area contributed by atoms with Gasteiger partial charge in [-0.15, -0.1) is 0 Å². The van der Waals surface area contributed by atoms with Crippen molar-refractivity contribution >= 4 is 41.5 Å². The average Bonchev–Trinajstić information content (AvgIpc) is 3.24. The van der Waals surface area contributed by atoms with Crippen LogP contribution in [0.3, 0.4) is 0 Å². The van der Waals surface area contributed by atoms with Crippen LogP contribution in [0.5, 0.6) is 0 Å². The average molecular weight is 842 g/mol. The number of esters is 2. The van der Waals surface area contributed by atoms with E-state index in [0.717, 1.165) is 5.56 Å². The number of carbonyl (C=O) groups is 7. The van der Waals surface area contributed by atoms with E-state index < -0.39 is 102 Å². The molecule has 0 fully saturated rings. The summed E-state index contributed by atoms with van der Waals surface area (Å²) in [6.45, 7) is 16.9. The summed E-state index contributed by atoms with van der Waals surface area (Å²) in [5.74, 6) is -6.06. The lowest BCUT2D eigenvalue weighted by Gasteiger charge is -2.35. The monoisotopic (exact) mass is 842 g/mol. The standard InChI is InChI=1S/C45H71N5O10/c1-14-26(4)37-43(56)49(12)32(10)45(58)59-38(27(5)15-2)30(8)35(51)23-22-29(7)44(57)60-39(28(6)16-3)40(53)46-31(9)41(54)50(13)34(24-33-20-18-17-19-21-33)42(55)48(11)25-36(52)47-37/h17-22,26-28,30-32,34-35,37-39,51H,14-16,23-25H2,1-13H3,(H,46,53)(H,47,52)/b29-22+/t26-,27+,28-,30-,31-,32-,34+,35-,37-,38+,39+/m0/s1. The molecule has 15 heteroatoms. The quantitative estimate of drug-likeness (QED) is 0.326. The molecule has 0 bridgehead atoms. The topological polar surface area (TPSA) is 192 Å². The smallest absolute Gasteiger partial charge is 0.334 e. The van der Waals surface area contributed by atoms with E-state index in [4.69, 9.17) is 9.47 Å². The molecule has 336 valence electrons. The third kappa shape index (κ3) is 13.9. The van der Waals surface area contributed by atoms with Crippen molar-refractivity contribution in [3.8, 4) is 0 Å². The van der Waals surface area contributed by atoms with Gasteiger partial charge in [0, 0.05) is 45.0 Å². The zero-order valence-electron chi connectivity index (χ0n) is 38.0. The largest absolute Gasteiger partial charge is 0.460 e. The maximum Gasteiger partial charge on any atom is 0.334 e. The van der Waals surface area contributed by atoms with Gasteiger partial charge >= 0.3 is 11.9 Å². The number of cyclic esters (lactones) is 2. The van der Waals surface area contributed by atoms with Crippen molar-refractivity contribution in [2.75, 3.05) is 27.7 Å². The third-order valence-electron chi connectivity index (χ3n) is 12.1. The summed E-state index contributed by atoms with van der Waals surface area (Å²) in [6, 6.07) is 4.67. The van der Waals surface area contributed by atoms with Crippen LogP contribution in [0.4, 0.5) is 0 Å². The predicted molar refractivity (Wildman–Crippen MR) is 228 cm³/mol. The fourth-order valence-electron chi connectivity index (χ4n) is 6.93. The number of ether oxygens (including phenoxy) is 2. The molecule has 5 amide bonds. The highest BCUT2D eigenvalue weighted by molar-refractivity contribution is 5.96. The van der Waals surface area contributed by atoms with E-state index in [2.05, 4.69) is 10.6 Å². The number of benzene rings is 1. The molecule has 15 nitrogen and oxygen atoms in total. The molecule has 3 N–H and O–H groups in total. The Morgan fingerprint density at radius 1 is 0.767 bits per heavy atom. The van der Waals surface area contributed by atoms with Crippen molar-refractivity contribution in [1.29, 1.82) is 0 Å². The Labute approximate surface area is 356 Å². The van der Waals surface area contributed by atoms with Gasteiger partial charge in [-0.3, -0.25) is 24.0 Å². The molecule has 0 spiro atoms. The van der Waals surface area contributed by atoms with E-state index in [1.165, 1.54) is 62.7 Å². The molecule has 1 aliphatic heterocycles. The molecule has 1 aromatic carbocycles. The number of amides is 5. The summed E-state index contributed by atoms with van der Waals surface area (Å²) >= 11 is 0. The summed E-state index contributed by atoms with van der Waals surface area (Å²) in [6.07, 6.45) is 0.128. The van der Waals surface area contributed by atoms with Gasteiger partial charge in [0.05, 0.1) is 12.6 Å². The first-order valence-electron chi connectivity index (χ1n) is 21.3. The summed E-state index contributed by atoms with van der Waals surface area (Å²) in [5, 5.41) is 16.8. The molecule has 0 radical (unpaired) electrons. The molecule has 11 atom stereocenters. The molecule has 2 rings (SSSR count). The van der Waals surface area contributed by atoms with Crippen LogP contribution in [-0.4, -0.2) is 131 Å². The van der Waals surface area contributed by atoms with Crippen molar-refractivity contribution in [1.82, 2.24) is 25.3 Å². The summed E-state index contributed by atoms with van der Waals surface area (Å²) in [4.78, 5) is 100. The van der Waals surface area contributed by atoms with Crippen LogP contribution in [0.15, 0.2) is 42.0 Å². The van der Waals surface area contributed by atoms with E-state index in [1.807, 2.05) is 45.9 Å². The number of carbonyl (C=O) groups excluding carboxylic acids is 7. The first-order chi connectivity index (χ1) is 28.1. The van der Waals surface area contributed by atoms with Gasteiger partial charge in [-0.1, -0.05) is 97.7 Å². The molecular weight excluding hydrogens is 771 g/mol. The van der Waals surface area contributed by atoms with E-state index in [0.29, 0.717) is 19.3 Å². The molecule has 0 saturated heterocycles. The van der Waals surface area contributed by atoms with Crippen molar-refractivity contribution in [3.63, 3.8) is 0 Å². The Bertz CT molecular complexity index is 1670. The number of rotatable bonds is 8. The Morgan fingerprint density at radius 2 is 1.35 bits per heavy atom. The van der Waals surface area contributed by atoms with Gasteiger partial charge in [0.1, 0.15) is 30.3 Å². The first kappa shape index (κ1) is 51.4. The van der Waals surface area contributed by atoms with Gasteiger partial charge in [-0.2, -0.15) is 0 Å². The Hall–Kier alpha value is -4.79. The second-order valence-corrected chi connectivity index (χ2v) is 16.7. The lowest BCUT2D eigenvalue weighted by atomic mass is 9.86. The van der Waals surface area contributed by atoms with Crippen LogP contribution in [0, 0.1) is 23.7 Å². The van der Waals surface area contributed by atoms with Gasteiger partial charge < -0.3 is 39.9 Å². The normalized spacial score (nSPS) is 29.4. The Kier molecular flexibility index (Phi) is 20.4. The highest BCUT2D eigenvalue weighted by Crippen LogP contribution is 2.26. The molecule has 1 heterocycles. The van der Waals surface area contributed by atoms with Gasteiger partial charge in [0.2, 0.25) is 23.6 Å². The molecular formula is C45H71N5O10. The van der Waals surface area contributed by atoms with Crippen LogP contribution >= 0.6 is 0 Å². The fourth-order valence-corrected chi connectivity index (χ4v) is 6.93. The summed E-state index contributed by atoms with van der Waals surface area (Å²) in [7, 11) is 4.33. The van der Waals surface area contributed by atoms with Crippen LogP contribution in [0.2, 0.25) is 0 Å². The van der Waals surface area contributed by atoms with Crippen molar-refractivity contribution in [3.05, 3.63) is 47.5 Å². The summed E-state index contributed by atoms with van der Waals surface area (Å²) in [5.41, 5.74) is 0.889. The molecule has 1 aliphatic rings. The highest BCUT2D eigenvalue weighted by Gasteiger charge is 2.39. The number of likely N-dealkylation sites (N-methyl/N-ethyl adjacent to an activating group) is 3. The molecule has 0 saturated carbocycles. The number of nitrogens with zero attached hydrogens (tertiary/aromatic N) is 3. The van der Waals surface area contributed by atoms with Gasteiger partial charge in [-0.05, 0) is 51.0 Å². The number of aliphatic hydroxyl groups is 1. The first-order valence-corrected chi connectivity index (χ1v) is 21.3. The van der Waals surface area contributed by atoms with Crippen LogP contribution < -0.4 is 10.6 Å². The second-order valence-electron chi connectivity index (χ2n) is 16.7. The number of hydrogen-bond acceptors (Lipinski definition) is 10. The SMILES string of the molecule is CC[C@@H](C)[C@H]1OC(=O)[C@H](C)N(C)C(=O)[C@H]([C@@H](C)CC)NC(=O)CN(C)C(=O)[C@@H](Cc2ccccc2)N(C)C(=O)[C@H](C)NC(=O)[C@@H]([C@@H](C)CC)OC(=O)/C(C)=C/C[C@H](O)[C@@H]1C. The Balaban J connectivity index is 2.66. The fraction of sp³-hybridized carbons (Fsp3) is 0.667. The zero-order chi connectivity index (χ0) is 45.6. The van der Waals surface area contributed by atoms with E-state index in [9.17, 15) is 38.7 Å². The minimum absolute atomic E-state index is 0.00688. The minimum Gasteiger partial charge on any atom is -0.460 e. The van der Waals surface area contributed by atoms with Crippen molar-refractivity contribution in [2.45, 2.75) is 144 Å². The third-order valence-corrected chi connectivity index (χ3v) is 12.1. The zero-order valence-corrected chi connectivity index (χ0v) is 38.0. The van der Waals surface area contributed by atoms with Crippen LogP contribution in [0.25, 0.3) is 0 Å². The van der Waals surface area contributed by atoms with Gasteiger partial charge in [0.15, 0.2) is 6.10 Å². The lowest BCUT2D eigenvalue weighted by molar-refractivity contribution is -0.166. The molecule has 60 heavy (non-hydrogen) atoms. The second kappa shape index (κ2) is 23.9. The van der Waals surface area contributed by atoms with Gasteiger partial charge in [0.25, 0.3) is 5.91 Å². The van der Waals surface area contributed by atoms with E-state index in [1.54, 1.807) is 32.9 Å². The molecule has 1 aromatic rings. The molecule has 0 aromatic heterocycles. The maximum absolute atomic E-state index is 14.2. The maximum atomic E-state index is 14.2. The predicted octanol–water partition coefficient (Wildman–Crippen LogP) is 3.66. The number of nitrogens with one attached hydrogen (secondary N) is 2. The molecule has 0 aliphatic carbocycles. The van der Waals surface area contributed by atoms with Gasteiger partial charge in [-0.25, -0.2) is 9.59 Å². The molecule has 0 unspecified atom stereocenters. The number of hydrogen-bond donors (Lipinski definition) is 3. The van der Waals surface area contributed by atoms with Crippen LogP contribution in [-0.2, 0) is 49.5 Å². The summed E-state index contributed by atoms with van der Waals surface area (Å²) < 4.78 is 11.8. The van der Waals surface area contributed by atoms with E-state index >= 15 is 0 Å². The van der Waals surface area contributed by atoms with Crippen molar-refractivity contribution < 1.29 is 48.1 Å². The Morgan fingerprint density at radius 3 is 1.92 bits per heavy atom. The van der Waals surface area contributed by atoms with E-state index in [-0.39, 0.29) is 30.3 Å². The number of aliphatic hydroxyl groups excluding tert-OH is 1. The highest BCUT2D eigenvalue weighted by atomic mass is 16.6. The van der Waals surface area contributed by atoms with Crippen LogP contribution in [0.1, 0.15) is 100 Å².